The van der Waals surface area contributed by atoms with Crippen LogP contribution in [0.15, 0.2) is 12.2 Å². The van der Waals surface area contributed by atoms with Crippen LogP contribution < -0.4 is 0 Å². The van der Waals surface area contributed by atoms with Gasteiger partial charge in [-0.15, -0.1) is 0 Å². The monoisotopic (exact) mass is 739 g/mol. The molecule has 1 fully saturated rings. The molecule has 304 valence electrons. The summed E-state index contributed by atoms with van der Waals surface area (Å²) in [7, 11) is 0. The molecule has 0 heterocycles. The summed E-state index contributed by atoms with van der Waals surface area (Å²) in [6.45, 7) is 6.23. The first-order valence-electron chi connectivity index (χ1n) is 21.3. The second kappa shape index (κ2) is 31.5. The Bertz CT molecular complexity index is 936. The Labute approximate surface area is 316 Å². The van der Waals surface area contributed by atoms with Crippen molar-refractivity contribution in [1.29, 1.82) is 0 Å². The van der Waals surface area contributed by atoms with Crippen LogP contribution in [0.4, 0.5) is 0 Å². The molecule has 0 aromatic heterocycles. The highest BCUT2D eigenvalue weighted by Gasteiger charge is 2.41. The summed E-state index contributed by atoms with van der Waals surface area (Å²) in [5, 5.41) is 41.1. The summed E-state index contributed by atoms with van der Waals surface area (Å²) < 4.78 is 10.3. The van der Waals surface area contributed by atoms with Crippen LogP contribution in [-0.4, -0.2) is 75.8 Å². The number of aliphatic hydroxyl groups is 4. The second-order valence-electron chi connectivity index (χ2n) is 15.9. The first-order chi connectivity index (χ1) is 25.0. The van der Waals surface area contributed by atoms with E-state index in [0.29, 0.717) is 25.7 Å². The van der Waals surface area contributed by atoms with Crippen molar-refractivity contribution in [2.24, 2.45) is 17.8 Å². The third kappa shape index (κ3) is 26.0. The van der Waals surface area contributed by atoms with Gasteiger partial charge in [0.15, 0.2) is 0 Å². The molecular formula is C43H78O9. The summed E-state index contributed by atoms with van der Waals surface area (Å²) in [6, 6.07) is 0. The van der Waals surface area contributed by atoms with Gasteiger partial charge in [0.2, 0.25) is 0 Å². The van der Waals surface area contributed by atoms with Crippen molar-refractivity contribution in [3.63, 3.8) is 0 Å². The Kier molecular flexibility index (Phi) is 29.2. The zero-order chi connectivity index (χ0) is 38.4. The summed E-state index contributed by atoms with van der Waals surface area (Å²) in [6.07, 6.45) is 24.8. The molecule has 0 aromatic rings. The third-order valence-corrected chi connectivity index (χ3v) is 10.4. The summed E-state index contributed by atoms with van der Waals surface area (Å²) in [5.74, 6) is -0.834. The van der Waals surface area contributed by atoms with Gasteiger partial charge in [0.05, 0.1) is 18.3 Å². The molecule has 1 rings (SSSR count). The highest BCUT2D eigenvalue weighted by atomic mass is 16.6. The van der Waals surface area contributed by atoms with Gasteiger partial charge in [-0.25, -0.2) is 0 Å². The van der Waals surface area contributed by atoms with E-state index in [1.54, 1.807) is 12.2 Å². The normalized spacial score (nSPS) is 20.1. The van der Waals surface area contributed by atoms with E-state index in [1.165, 1.54) is 77.0 Å². The number of carbonyl (C=O) groups excluding carboxylic acids is 3. The Morgan fingerprint density at radius 3 is 1.62 bits per heavy atom. The van der Waals surface area contributed by atoms with Crippen LogP contribution in [0.2, 0.25) is 0 Å². The highest BCUT2D eigenvalue weighted by Crippen LogP contribution is 2.36. The van der Waals surface area contributed by atoms with Crippen LogP contribution in [0.5, 0.6) is 0 Å². The number of hydrogen-bond acceptors (Lipinski definition) is 9. The average Bonchev–Trinajstić information content (AvgIpc) is 3.37. The predicted octanol–water partition coefficient (Wildman–Crippen LogP) is 8.71. The van der Waals surface area contributed by atoms with Crippen molar-refractivity contribution in [2.45, 2.75) is 212 Å². The van der Waals surface area contributed by atoms with Gasteiger partial charge in [0, 0.05) is 43.9 Å². The van der Waals surface area contributed by atoms with Gasteiger partial charge in [-0.3, -0.25) is 14.4 Å². The van der Waals surface area contributed by atoms with Gasteiger partial charge >= 0.3 is 11.9 Å². The van der Waals surface area contributed by atoms with Gasteiger partial charge in [0.25, 0.3) is 0 Å². The van der Waals surface area contributed by atoms with Crippen molar-refractivity contribution in [1.82, 2.24) is 0 Å². The second-order valence-corrected chi connectivity index (χ2v) is 15.9. The van der Waals surface area contributed by atoms with Crippen LogP contribution in [0, 0.1) is 17.8 Å². The number of carbonyl (C=O) groups is 3. The minimum atomic E-state index is -1.09. The summed E-state index contributed by atoms with van der Waals surface area (Å²) >= 11 is 0. The smallest absolute Gasteiger partial charge is 0.305 e. The van der Waals surface area contributed by atoms with E-state index in [1.807, 2.05) is 0 Å². The van der Waals surface area contributed by atoms with Crippen LogP contribution in [-0.2, 0) is 23.9 Å². The zero-order valence-corrected chi connectivity index (χ0v) is 33.3. The maximum atomic E-state index is 12.7. The molecule has 0 aromatic carbocycles. The lowest BCUT2D eigenvalue weighted by atomic mass is 9.87. The molecule has 0 unspecified atom stereocenters. The number of unbranched alkanes of at least 4 members (excludes halogenated alkanes) is 16. The first-order valence-corrected chi connectivity index (χ1v) is 21.3. The van der Waals surface area contributed by atoms with Crippen LogP contribution in [0.25, 0.3) is 0 Å². The fourth-order valence-corrected chi connectivity index (χ4v) is 7.09. The predicted molar refractivity (Wildman–Crippen MR) is 208 cm³/mol. The fourth-order valence-electron chi connectivity index (χ4n) is 7.09. The molecule has 6 atom stereocenters. The van der Waals surface area contributed by atoms with Crippen LogP contribution in [0.3, 0.4) is 0 Å². The van der Waals surface area contributed by atoms with E-state index >= 15 is 0 Å². The lowest BCUT2D eigenvalue weighted by Crippen LogP contribution is -2.25. The Balaban J connectivity index is 2.02. The van der Waals surface area contributed by atoms with Gasteiger partial charge in [-0.2, -0.15) is 0 Å². The molecule has 0 aliphatic heterocycles. The molecule has 0 spiro atoms. The quantitative estimate of drug-likeness (QED) is 0.0289. The van der Waals surface area contributed by atoms with Gasteiger partial charge in [-0.05, 0) is 31.6 Å². The number of aliphatic hydroxyl groups excluding tert-OH is 4. The van der Waals surface area contributed by atoms with E-state index in [9.17, 15) is 34.8 Å². The molecule has 0 saturated heterocycles. The van der Waals surface area contributed by atoms with E-state index in [0.717, 1.165) is 44.4 Å². The standard InChI is InChI=1S/C43H78O9/c1-4-5-18-24-35(44)28-29-38-39(41(48)31-40(38)47)30-36(45)25-21-22-27-43(50)52-33-37(46)32-51-42(49)26-20-17-15-13-11-9-7-6-8-10-12-14-16-19-23-34(2)3/h28-29,34-35,37-41,44,46-48H,4-27,30-33H2,1-3H3/b29-28+/t35-,37-,38+,39+,40+,41-/m0/s1. The van der Waals surface area contributed by atoms with E-state index < -0.39 is 36.3 Å². The third-order valence-electron chi connectivity index (χ3n) is 10.4. The molecule has 4 N–H and O–H groups in total. The van der Waals surface area contributed by atoms with E-state index in [-0.39, 0.29) is 56.6 Å². The van der Waals surface area contributed by atoms with Crippen molar-refractivity contribution < 1.29 is 44.3 Å². The number of ether oxygens (including phenoxy) is 2. The van der Waals surface area contributed by atoms with E-state index in [4.69, 9.17) is 9.47 Å². The highest BCUT2D eigenvalue weighted by molar-refractivity contribution is 5.79. The maximum Gasteiger partial charge on any atom is 0.305 e. The number of Topliss-reactive ketones (excluding diaryl/α,β-unsaturated/α-hetero) is 1. The minimum Gasteiger partial charge on any atom is -0.463 e. The Morgan fingerprint density at radius 1 is 0.635 bits per heavy atom. The van der Waals surface area contributed by atoms with Gasteiger partial charge < -0.3 is 29.9 Å². The van der Waals surface area contributed by atoms with Crippen molar-refractivity contribution in [3.05, 3.63) is 12.2 Å². The maximum absolute atomic E-state index is 12.7. The number of hydrogen-bond donors (Lipinski definition) is 4. The lowest BCUT2D eigenvalue weighted by molar-refractivity contribution is -0.152. The Morgan fingerprint density at radius 2 is 1.10 bits per heavy atom. The first kappa shape index (κ1) is 48.2. The van der Waals surface area contributed by atoms with Crippen molar-refractivity contribution in [2.75, 3.05) is 13.2 Å². The Hall–Kier alpha value is -1.81. The molecule has 52 heavy (non-hydrogen) atoms. The van der Waals surface area contributed by atoms with Crippen molar-refractivity contribution >= 4 is 17.7 Å². The average molecular weight is 739 g/mol. The van der Waals surface area contributed by atoms with Gasteiger partial charge in [0.1, 0.15) is 25.1 Å². The zero-order valence-electron chi connectivity index (χ0n) is 33.3. The summed E-state index contributed by atoms with van der Waals surface area (Å²) in [5.41, 5.74) is 0. The molecule has 9 heteroatoms. The van der Waals surface area contributed by atoms with Crippen molar-refractivity contribution in [3.8, 4) is 0 Å². The molecular weight excluding hydrogens is 660 g/mol. The minimum absolute atomic E-state index is 0.0416. The SMILES string of the molecule is CCCCC[C@H](O)/C=C/[C@@H]1[C@@H](CC(=O)CCCCC(=O)OC[C@@H](O)COC(=O)CCCCCCCCCCCCCCCCC(C)C)[C@@H](O)C[C@H]1O. The molecule has 9 nitrogen and oxygen atoms in total. The number of ketones is 1. The number of rotatable bonds is 34. The fraction of sp³-hybridized carbons (Fsp3) is 0.884. The summed E-state index contributed by atoms with van der Waals surface area (Å²) in [4.78, 5) is 36.8. The van der Waals surface area contributed by atoms with Crippen LogP contribution in [0.1, 0.15) is 188 Å². The van der Waals surface area contributed by atoms with E-state index in [2.05, 4.69) is 20.8 Å². The topological polar surface area (TPSA) is 151 Å². The van der Waals surface area contributed by atoms with Crippen LogP contribution >= 0.6 is 0 Å². The molecule has 1 aliphatic carbocycles. The largest absolute Gasteiger partial charge is 0.463 e. The molecule has 1 saturated carbocycles. The molecule has 1 aliphatic rings. The molecule has 0 bridgehead atoms. The van der Waals surface area contributed by atoms with Gasteiger partial charge in [-0.1, -0.05) is 142 Å². The molecule has 0 amide bonds. The lowest BCUT2D eigenvalue weighted by Gasteiger charge is -2.20. The number of esters is 2. The molecule has 0 radical (unpaired) electrons.